The monoisotopic (exact) mass is 288 g/mol. The Hall–Kier alpha value is -1.46. The third-order valence-corrected chi connectivity index (χ3v) is 2.84. The van der Waals surface area contributed by atoms with Crippen LogP contribution in [0.3, 0.4) is 0 Å². The van der Waals surface area contributed by atoms with Crippen LogP contribution >= 0.6 is 0 Å². The molecule has 0 aromatic heterocycles. The first-order valence-electron chi connectivity index (χ1n) is 7.54. The van der Waals surface area contributed by atoms with E-state index in [0.717, 1.165) is 51.4 Å². The van der Waals surface area contributed by atoms with Crippen LogP contribution in [0, 0.1) is 0 Å². The highest BCUT2D eigenvalue weighted by molar-refractivity contribution is 5.66. The van der Waals surface area contributed by atoms with Crippen molar-refractivity contribution in [2.45, 2.75) is 58.3 Å². The Morgan fingerprint density at radius 2 is 1.40 bits per heavy atom. The van der Waals surface area contributed by atoms with E-state index in [0.29, 0.717) is 19.7 Å². The number of ether oxygens (including phenoxy) is 1. The topological polar surface area (TPSA) is 87.7 Å². The Kier molecular flexibility index (Phi) is 12.9. The minimum Gasteiger partial charge on any atom is -0.465 e. The lowest BCUT2D eigenvalue weighted by Gasteiger charge is -2.06. The normalized spacial score (nSPS) is 10.1. The number of alkyl carbamates (subject to hydrolysis) is 1. The summed E-state index contributed by atoms with van der Waals surface area (Å²) in [7, 11) is 0. The van der Waals surface area contributed by atoms with E-state index in [-0.39, 0.29) is 6.09 Å². The smallest absolute Gasteiger partial charge is 0.407 e. The number of carbonyl (C=O) groups excluding carboxylic acids is 1. The summed E-state index contributed by atoms with van der Waals surface area (Å²) >= 11 is 0. The highest BCUT2D eigenvalue weighted by atomic mass is 16.5. The fourth-order valence-corrected chi connectivity index (χ4v) is 1.77. The molecule has 0 fully saturated rings. The third-order valence-electron chi connectivity index (χ3n) is 2.84. The number of carbonyl (C=O) groups is 2. The second kappa shape index (κ2) is 14.0. The molecular weight excluding hydrogens is 260 g/mol. The van der Waals surface area contributed by atoms with Gasteiger partial charge in [0.1, 0.15) is 0 Å². The van der Waals surface area contributed by atoms with Crippen molar-refractivity contribution >= 4 is 12.2 Å². The Balaban J connectivity index is 3.09. The fourth-order valence-electron chi connectivity index (χ4n) is 1.77. The first kappa shape index (κ1) is 18.5. The molecule has 20 heavy (non-hydrogen) atoms. The standard InChI is InChI=1S/C14H28N2O4/c1-2-12-20-14(19)16-11-9-7-5-3-4-6-8-10-15-13(17)18/h15H,2-12H2,1H3,(H,16,19)(H,17,18). The van der Waals surface area contributed by atoms with Crippen molar-refractivity contribution in [3.05, 3.63) is 0 Å². The number of hydrogen-bond acceptors (Lipinski definition) is 3. The number of rotatable bonds is 12. The summed E-state index contributed by atoms with van der Waals surface area (Å²) < 4.78 is 4.89. The van der Waals surface area contributed by atoms with Crippen LogP contribution in [0.15, 0.2) is 0 Å². The maximum Gasteiger partial charge on any atom is 0.407 e. The van der Waals surface area contributed by atoms with Gasteiger partial charge in [0.05, 0.1) is 6.61 Å². The average Bonchev–Trinajstić information content (AvgIpc) is 2.42. The summed E-state index contributed by atoms with van der Waals surface area (Å²) in [4.78, 5) is 21.3. The lowest BCUT2D eigenvalue weighted by atomic mass is 10.1. The van der Waals surface area contributed by atoms with Crippen LogP contribution in [-0.2, 0) is 4.74 Å². The summed E-state index contributed by atoms with van der Waals surface area (Å²) in [6.45, 7) is 3.65. The predicted molar refractivity (Wildman–Crippen MR) is 78.0 cm³/mol. The lowest BCUT2D eigenvalue weighted by molar-refractivity contribution is 0.146. The molecule has 118 valence electrons. The van der Waals surface area contributed by atoms with Crippen molar-refractivity contribution in [1.29, 1.82) is 0 Å². The van der Waals surface area contributed by atoms with Crippen LogP contribution in [0.25, 0.3) is 0 Å². The molecule has 0 aliphatic heterocycles. The molecule has 0 saturated carbocycles. The van der Waals surface area contributed by atoms with Gasteiger partial charge in [-0.25, -0.2) is 9.59 Å². The Morgan fingerprint density at radius 1 is 0.900 bits per heavy atom. The van der Waals surface area contributed by atoms with E-state index < -0.39 is 6.09 Å². The second-order valence-electron chi connectivity index (χ2n) is 4.77. The number of hydrogen-bond donors (Lipinski definition) is 3. The molecule has 0 bridgehead atoms. The van der Waals surface area contributed by atoms with E-state index >= 15 is 0 Å². The van der Waals surface area contributed by atoms with Gasteiger partial charge in [-0.05, 0) is 19.3 Å². The third kappa shape index (κ3) is 14.6. The van der Waals surface area contributed by atoms with Crippen LogP contribution in [0.2, 0.25) is 0 Å². The van der Waals surface area contributed by atoms with Gasteiger partial charge in [-0.15, -0.1) is 0 Å². The van der Waals surface area contributed by atoms with Crippen LogP contribution in [0.4, 0.5) is 9.59 Å². The minimum atomic E-state index is -0.949. The molecule has 0 atom stereocenters. The van der Waals surface area contributed by atoms with Crippen molar-refractivity contribution < 1.29 is 19.4 Å². The quantitative estimate of drug-likeness (QED) is 0.481. The molecular formula is C14H28N2O4. The molecule has 6 heteroatoms. The van der Waals surface area contributed by atoms with Gasteiger partial charge < -0.3 is 20.5 Å². The molecule has 0 rings (SSSR count). The van der Waals surface area contributed by atoms with E-state index in [2.05, 4.69) is 10.6 Å². The molecule has 0 aliphatic carbocycles. The van der Waals surface area contributed by atoms with Crippen molar-refractivity contribution in [2.24, 2.45) is 0 Å². The molecule has 0 radical (unpaired) electrons. The summed E-state index contributed by atoms with van der Waals surface area (Å²) in [6, 6.07) is 0. The first-order valence-corrected chi connectivity index (χ1v) is 7.54. The van der Waals surface area contributed by atoms with E-state index in [1.165, 1.54) is 0 Å². The first-order chi connectivity index (χ1) is 9.66. The zero-order valence-corrected chi connectivity index (χ0v) is 12.5. The van der Waals surface area contributed by atoms with Crippen LogP contribution in [0.1, 0.15) is 58.3 Å². The Bertz CT molecular complexity index is 260. The average molecular weight is 288 g/mol. The van der Waals surface area contributed by atoms with Gasteiger partial charge in [0, 0.05) is 13.1 Å². The maximum absolute atomic E-state index is 11.1. The molecule has 0 aromatic rings. The molecule has 0 saturated heterocycles. The van der Waals surface area contributed by atoms with Crippen molar-refractivity contribution in [1.82, 2.24) is 10.6 Å². The number of unbranched alkanes of at least 4 members (excludes halogenated alkanes) is 6. The number of nitrogens with one attached hydrogen (secondary N) is 2. The van der Waals surface area contributed by atoms with Gasteiger partial charge in [0.2, 0.25) is 0 Å². The van der Waals surface area contributed by atoms with E-state index in [9.17, 15) is 9.59 Å². The summed E-state index contributed by atoms with van der Waals surface area (Å²) in [6.07, 6.45) is 7.05. The second-order valence-corrected chi connectivity index (χ2v) is 4.77. The van der Waals surface area contributed by atoms with Gasteiger partial charge in [-0.3, -0.25) is 0 Å². The van der Waals surface area contributed by atoms with E-state index in [1.54, 1.807) is 0 Å². The number of carboxylic acid groups (broad SMARTS) is 1. The largest absolute Gasteiger partial charge is 0.465 e. The van der Waals surface area contributed by atoms with Crippen molar-refractivity contribution in [3.8, 4) is 0 Å². The van der Waals surface area contributed by atoms with E-state index in [4.69, 9.17) is 9.84 Å². The van der Waals surface area contributed by atoms with Crippen LogP contribution in [-0.4, -0.2) is 37.0 Å². The molecule has 2 amide bonds. The van der Waals surface area contributed by atoms with Gasteiger partial charge in [-0.2, -0.15) is 0 Å². The van der Waals surface area contributed by atoms with Crippen molar-refractivity contribution in [2.75, 3.05) is 19.7 Å². The highest BCUT2D eigenvalue weighted by Gasteiger charge is 1.99. The summed E-state index contributed by atoms with van der Waals surface area (Å²) in [5.74, 6) is 0. The fraction of sp³-hybridized carbons (Fsp3) is 0.857. The van der Waals surface area contributed by atoms with Gasteiger partial charge >= 0.3 is 12.2 Å². The van der Waals surface area contributed by atoms with Gasteiger partial charge in [-0.1, -0.05) is 39.0 Å². The molecule has 6 nitrogen and oxygen atoms in total. The van der Waals surface area contributed by atoms with Crippen LogP contribution in [0.5, 0.6) is 0 Å². The van der Waals surface area contributed by atoms with Gasteiger partial charge in [0.15, 0.2) is 0 Å². The molecule has 0 aromatic carbocycles. The van der Waals surface area contributed by atoms with Crippen LogP contribution < -0.4 is 10.6 Å². The molecule has 0 aliphatic rings. The number of amides is 2. The van der Waals surface area contributed by atoms with Crippen molar-refractivity contribution in [3.63, 3.8) is 0 Å². The summed E-state index contributed by atoms with van der Waals surface area (Å²) in [5, 5.41) is 13.4. The Labute approximate surface area is 121 Å². The zero-order chi connectivity index (χ0) is 15.1. The molecule has 0 heterocycles. The molecule has 0 spiro atoms. The van der Waals surface area contributed by atoms with Gasteiger partial charge in [0.25, 0.3) is 0 Å². The maximum atomic E-state index is 11.1. The SMILES string of the molecule is CCCOC(=O)NCCCCCCCCCNC(=O)O. The summed E-state index contributed by atoms with van der Waals surface area (Å²) in [5.41, 5.74) is 0. The minimum absolute atomic E-state index is 0.321. The molecule has 0 unspecified atom stereocenters. The predicted octanol–water partition coefficient (Wildman–Crippen LogP) is 3.12. The molecule has 3 N–H and O–H groups in total. The Morgan fingerprint density at radius 3 is 1.90 bits per heavy atom. The zero-order valence-electron chi connectivity index (χ0n) is 12.5. The highest BCUT2D eigenvalue weighted by Crippen LogP contribution is 2.06. The van der Waals surface area contributed by atoms with E-state index in [1.807, 2.05) is 6.92 Å². The lowest BCUT2D eigenvalue weighted by Crippen LogP contribution is -2.25.